The van der Waals surface area contributed by atoms with Crippen LogP contribution >= 0.6 is 0 Å². The SMILES string of the molecule is CC1CCCN1C(=O)c1ccc(-c2ccc(OCCCN3[C@@H](C)CC[C@@H]3C)cc2)cc1. The zero-order valence-electron chi connectivity index (χ0n) is 19.2. The Labute approximate surface area is 187 Å². The number of hydrogen-bond donors (Lipinski definition) is 0. The lowest BCUT2D eigenvalue weighted by Gasteiger charge is -2.25. The molecule has 166 valence electrons. The summed E-state index contributed by atoms with van der Waals surface area (Å²) in [7, 11) is 0. The van der Waals surface area contributed by atoms with Gasteiger partial charge in [-0.1, -0.05) is 24.3 Å². The molecule has 31 heavy (non-hydrogen) atoms. The lowest BCUT2D eigenvalue weighted by molar-refractivity contribution is 0.0747. The number of ether oxygens (including phenoxy) is 1. The molecular formula is C27H36N2O2. The molecule has 2 aliphatic heterocycles. The van der Waals surface area contributed by atoms with Gasteiger partial charge < -0.3 is 9.64 Å². The Morgan fingerprint density at radius 2 is 1.48 bits per heavy atom. The third-order valence-electron chi connectivity index (χ3n) is 7.10. The van der Waals surface area contributed by atoms with E-state index in [9.17, 15) is 4.79 Å². The maximum Gasteiger partial charge on any atom is 0.254 e. The zero-order valence-corrected chi connectivity index (χ0v) is 19.2. The van der Waals surface area contributed by atoms with Crippen LogP contribution in [0.25, 0.3) is 11.1 Å². The third-order valence-corrected chi connectivity index (χ3v) is 7.10. The summed E-state index contributed by atoms with van der Waals surface area (Å²) in [6, 6.07) is 18.0. The molecule has 1 amide bonds. The van der Waals surface area contributed by atoms with E-state index in [-0.39, 0.29) is 5.91 Å². The minimum atomic E-state index is 0.151. The largest absolute Gasteiger partial charge is 0.494 e. The number of amides is 1. The number of nitrogens with zero attached hydrogens (tertiary/aromatic N) is 2. The van der Waals surface area contributed by atoms with Gasteiger partial charge in [0, 0.05) is 36.8 Å². The Morgan fingerprint density at radius 3 is 2.06 bits per heavy atom. The number of benzene rings is 2. The van der Waals surface area contributed by atoms with Gasteiger partial charge in [0.25, 0.3) is 5.91 Å². The maximum atomic E-state index is 12.7. The average Bonchev–Trinajstić information content (AvgIpc) is 3.36. The molecule has 2 aromatic carbocycles. The summed E-state index contributed by atoms with van der Waals surface area (Å²) in [5.41, 5.74) is 3.04. The summed E-state index contributed by atoms with van der Waals surface area (Å²) < 4.78 is 5.97. The van der Waals surface area contributed by atoms with Crippen LogP contribution in [0.15, 0.2) is 48.5 Å². The Balaban J connectivity index is 1.28. The Hall–Kier alpha value is -2.33. The molecule has 0 bridgehead atoms. The fourth-order valence-corrected chi connectivity index (χ4v) is 5.08. The standard InChI is InChI=1S/C27H36N2O2/c1-20-6-4-17-29(20)27(30)25-11-9-23(10-12-25)24-13-15-26(16-14-24)31-19-5-18-28-21(2)7-8-22(28)3/h9-16,20-22H,4-8,17-19H2,1-3H3/t20?,21-,22-/m0/s1. The van der Waals surface area contributed by atoms with Gasteiger partial charge in [-0.3, -0.25) is 9.69 Å². The Morgan fingerprint density at radius 1 is 0.871 bits per heavy atom. The highest BCUT2D eigenvalue weighted by molar-refractivity contribution is 5.95. The van der Waals surface area contributed by atoms with Gasteiger partial charge in [0.15, 0.2) is 0 Å². The fourth-order valence-electron chi connectivity index (χ4n) is 5.08. The Kier molecular flexibility index (Phi) is 6.96. The molecule has 2 fully saturated rings. The van der Waals surface area contributed by atoms with Crippen molar-refractivity contribution in [1.82, 2.24) is 9.80 Å². The van der Waals surface area contributed by atoms with Crippen LogP contribution in [0.2, 0.25) is 0 Å². The summed E-state index contributed by atoms with van der Waals surface area (Å²) >= 11 is 0. The van der Waals surface area contributed by atoms with Crippen molar-refractivity contribution >= 4 is 5.91 Å². The van der Waals surface area contributed by atoms with Crippen molar-refractivity contribution in [1.29, 1.82) is 0 Å². The third kappa shape index (κ3) is 5.12. The molecule has 1 unspecified atom stereocenters. The fraction of sp³-hybridized carbons (Fsp3) is 0.519. The summed E-state index contributed by atoms with van der Waals surface area (Å²) in [6.45, 7) is 9.54. The van der Waals surface area contributed by atoms with Crippen LogP contribution in [0.4, 0.5) is 0 Å². The van der Waals surface area contributed by atoms with E-state index in [1.54, 1.807) is 0 Å². The molecule has 0 saturated carbocycles. The van der Waals surface area contributed by atoms with Crippen LogP contribution in [-0.4, -0.2) is 53.5 Å². The molecule has 2 saturated heterocycles. The van der Waals surface area contributed by atoms with E-state index in [0.717, 1.165) is 61.4 Å². The van der Waals surface area contributed by atoms with Gasteiger partial charge in [-0.25, -0.2) is 0 Å². The van der Waals surface area contributed by atoms with Crippen molar-refractivity contribution < 1.29 is 9.53 Å². The van der Waals surface area contributed by atoms with Crippen molar-refractivity contribution in [2.75, 3.05) is 19.7 Å². The van der Waals surface area contributed by atoms with Gasteiger partial charge in [-0.05, 0) is 88.3 Å². The number of carbonyl (C=O) groups excluding carboxylic acids is 1. The summed E-state index contributed by atoms with van der Waals surface area (Å²) in [4.78, 5) is 17.3. The minimum Gasteiger partial charge on any atom is -0.494 e. The van der Waals surface area contributed by atoms with Crippen molar-refractivity contribution in [3.63, 3.8) is 0 Å². The maximum absolute atomic E-state index is 12.7. The van der Waals surface area contributed by atoms with Crippen LogP contribution in [0.5, 0.6) is 5.75 Å². The first-order chi connectivity index (χ1) is 15.0. The molecule has 4 rings (SSSR count). The van der Waals surface area contributed by atoms with Crippen molar-refractivity contribution in [2.45, 2.75) is 71.0 Å². The first-order valence-electron chi connectivity index (χ1n) is 11.9. The molecule has 2 aliphatic rings. The lowest BCUT2D eigenvalue weighted by atomic mass is 10.0. The predicted octanol–water partition coefficient (Wildman–Crippen LogP) is 5.62. The molecule has 2 aromatic rings. The van der Waals surface area contributed by atoms with E-state index < -0.39 is 0 Å². The molecule has 4 heteroatoms. The van der Waals surface area contributed by atoms with Gasteiger partial charge in [-0.2, -0.15) is 0 Å². The van der Waals surface area contributed by atoms with E-state index in [2.05, 4.69) is 37.8 Å². The van der Waals surface area contributed by atoms with Gasteiger partial charge in [0.1, 0.15) is 5.75 Å². The molecule has 0 radical (unpaired) electrons. The first-order valence-corrected chi connectivity index (χ1v) is 11.9. The highest BCUT2D eigenvalue weighted by Crippen LogP contribution is 2.26. The topological polar surface area (TPSA) is 32.8 Å². The quantitative estimate of drug-likeness (QED) is 0.545. The van der Waals surface area contributed by atoms with Gasteiger partial charge >= 0.3 is 0 Å². The molecule has 4 nitrogen and oxygen atoms in total. The van der Waals surface area contributed by atoms with Gasteiger partial charge in [-0.15, -0.1) is 0 Å². The molecule has 2 heterocycles. The monoisotopic (exact) mass is 420 g/mol. The van der Waals surface area contributed by atoms with E-state index in [1.807, 2.05) is 41.3 Å². The lowest BCUT2D eigenvalue weighted by Crippen LogP contribution is -2.34. The van der Waals surface area contributed by atoms with Crippen LogP contribution in [-0.2, 0) is 0 Å². The number of likely N-dealkylation sites (tertiary alicyclic amines) is 2. The van der Waals surface area contributed by atoms with E-state index in [0.29, 0.717) is 18.1 Å². The van der Waals surface area contributed by atoms with E-state index >= 15 is 0 Å². The molecule has 0 N–H and O–H groups in total. The van der Waals surface area contributed by atoms with E-state index in [1.165, 1.54) is 12.8 Å². The predicted molar refractivity (Wildman–Crippen MR) is 127 cm³/mol. The first kappa shape index (κ1) is 21.9. The van der Waals surface area contributed by atoms with Crippen molar-refractivity contribution in [3.8, 4) is 16.9 Å². The summed E-state index contributed by atoms with van der Waals surface area (Å²) in [5, 5.41) is 0. The van der Waals surface area contributed by atoms with Crippen LogP contribution < -0.4 is 4.74 Å². The van der Waals surface area contributed by atoms with Gasteiger partial charge in [0.2, 0.25) is 0 Å². The Bertz CT molecular complexity index is 852. The van der Waals surface area contributed by atoms with Crippen LogP contribution in [0, 0.1) is 0 Å². The summed E-state index contributed by atoms with van der Waals surface area (Å²) in [5.74, 6) is 1.07. The molecule has 0 aromatic heterocycles. The second kappa shape index (κ2) is 9.86. The van der Waals surface area contributed by atoms with Crippen molar-refractivity contribution in [3.05, 3.63) is 54.1 Å². The van der Waals surface area contributed by atoms with Crippen LogP contribution in [0.3, 0.4) is 0 Å². The molecule has 0 spiro atoms. The van der Waals surface area contributed by atoms with Crippen LogP contribution in [0.1, 0.15) is 63.2 Å². The van der Waals surface area contributed by atoms with Gasteiger partial charge in [0.05, 0.1) is 6.61 Å². The summed E-state index contributed by atoms with van der Waals surface area (Å²) in [6.07, 6.45) is 5.90. The van der Waals surface area contributed by atoms with E-state index in [4.69, 9.17) is 4.74 Å². The number of hydrogen-bond acceptors (Lipinski definition) is 3. The minimum absolute atomic E-state index is 0.151. The number of carbonyl (C=O) groups is 1. The molecule has 3 atom stereocenters. The normalized spacial score (nSPS) is 24.0. The zero-order chi connectivity index (χ0) is 21.8. The average molecular weight is 421 g/mol. The highest BCUT2D eigenvalue weighted by Gasteiger charge is 2.27. The second-order valence-electron chi connectivity index (χ2n) is 9.31. The highest BCUT2D eigenvalue weighted by atomic mass is 16.5. The molecular weight excluding hydrogens is 384 g/mol. The smallest absolute Gasteiger partial charge is 0.254 e. The second-order valence-corrected chi connectivity index (χ2v) is 9.31. The van der Waals surface area contributed by atoms with Crippen molar-refractivity contribution in [2.24, 2.45) is 0 Å². The number of rotatable bonds is 7. The molecule has 0 aliphatic carbocycles.